The van der Waals surface area contributed by atoms with Crippen LogP contribution in [-0.4, -0.2) is 34.9 Å². The van der Waals surface area contributed by atoms with E-state index in [-0.39, 0.29) is 11.6 Å². The fourth-order valence-electron chi connectivity index (χ4n) is 1.50. The minimum atomic E-state index is -3.48. The molecule has 0 radical (unpaired) electrons. The standard InChI is InChI=1S/C15H17ClF2N2O3/c1-14(2,3)23-13(22)20-9-15(17,18)12-11(16)7-10(8-19-12)5-4-6-21/h7-8,21H,6,9H2,1-3H3,(H,20,22). The van der Waals surface area contributed by atoms with Crippen molar-refractivity contribution in [1.82, 2.24) is 10.3 Å². The summed E-state index contributed by atoms with van der Waals surface area (Å²) in [6.45, 7) is 3.49. The van der Waals surface area contributed by atoms with Crippen LogP contribution in [0.15, 0.2) is 12.3 Å². The number of carbonyl (C=O) groups is 1. The van der Waals surface area contributed by atoms with Crippen LogP contribution in [0.5, 0.6) is 0 Å². The number of carbonyl (C=O) groups excluding carboxylic acids is 1. The first-order chi connectivity index (χ1) is 10.5. The van der Waals surface area contributed by atoms with E-state index in [1.54, 1.807) is 20.8 Å². The molecule has 0 fully saturated rings. The molecule has 2 N–H and O–H groups in total. The average Bonchev–Trinajstić information content (AvgIpc) is 2.41. The van der Waals surface area contributed by atoms with Crippen molar-refractivity contribution in [2.75, 3.05) is 13.2 Å². The maximum atomic E-state index is 14.1. The SMILES string of the molecule is CC(C)(C)OC(=O)NCC(F)(F)c1ncc(C#CCO)cc1Cl. The molecule has 23 heavy (non-hydrogen) atoms. The molecule has 8 heteroatoms. The van der Waals surface area contributed by atoms with Gasteiger partial charge in [0, 0.05) is 11.8 Å². The minimum absolute atomic E-state index is 0.286. The number of halogens is 3. The normalized spacial score (nSPS) is 11.4. The lowest BCUT2D eigenvalue weighted by atomic mass is 10.1. The van der Waals surface area contributed by atoms with Crippen LogP contribution in [0.1, 0.15) is 32.0 Å². The Morgan fingerprint density at radius 2 is 2.13 bits per heavy atom. The molecular weight excluding hydrogens is 330 g/mol. The first kappa shape index (κ1) is 19.1. The number of pyridine rings is 1. The Labute approximate surface area is 138 Å². The molecule has 5 nitrogen and oxygen atoms in total. The van der Waals surface area contributed by atoms with E-state index in [0.29, 0.717) is 5.56 Å². The van der Waals surface area contributed by atoms with E-state index in [4.69, 9.17) is 21.4 Å². The van der Waals surface area contributed by atoms with Gasteiger partial charge in [0.2, 0.25) is 0 Å². The van der Waals surface area contributed by atoms with E-state index in [0.717, 1.165) is 6.20 Å². The molecule has 0 aliphatic carbocycles. The van der Waals surface area contributed by atoms with Gasteiger partial charge in [-0.3, -0.25) is 4.98 Å². The van der Waals surface area contributed by atoms with Gasteiger partial charge in [-0.05, 0) is 26.8 Å². The Balaban J connectivity index is 2.82. The molecule has 0 unspecified atom stereocenters. The largest absolute Gasteiger partial charge is 0.444 e. The van der Waals surface area contributed by atoms with Crippen LogP contribution >= 0.6 is 11.6 Å². The first-order valence-corrected chi connectivity index (χ1v) is 7.03. The monoisotopic (exact) mass is 346 g/mol. The van der Waals surface area contributed by atoms with Crippen molar-refractivity contribution in [3.63, 3.8) is 0 Å². The van der Waals surface area contributed by atoms with Gasteiger partial charge in [0.25, 0.3) is 0 Å². The summed E-state index contributed by atoms with van der Waals surface area (Å²) >= 11 is 5.80. The lowest BCUT2D eigenvalue weighted by molar-refractivity contribution is -0.0128. The highest BCUT2D eigenvalue weighted by atomic mass is 35.5. The number of nitrogens with zero attached hydrogens (tertiary/aromatic N) is 1. The maximum Gasteiger partial charge on any atom is 0.407 e. The summed E-state index contributed by atoms with van der Waals surface area (Å²) in [5.74, 6) is 1.39. The third kappa shape index (κ3) is 6.38. The van der Waals surface area contributed by atoms with E-state index in [2.05, 4.69) is 16.8 Å². The molecule has 0 atom stereocenters. The topological polar surface area (TPSA) is 71.5 Å². The Hall–Kier alpha value is -1.91. The van der Waals surface area contributed by atoms with Gasteiger partial charge in [-0.25, -0.2) is 4.79 Å². The Bertz CT molecular complexity index is 634. The molecule has 1 heterocycles. The number of nitrogens with one attached hydrogen (secondary N) is 1. The van der Waals surface area contributed by atoms with E-state index in [1.165, 1.54) is 6.07 Å². The van der Waals surface area contributed by atoms with Gasteiger partial charge >= 0.3 is 12.0 Å². The number of alkyl halides is 2. The lowest BCUT2D eigenvalue weighted by Crippen LogP contribution is -2.39. The highest BCUT2D eigenvalue weighted by Gasteiger charge is 2.36. The number of aromatic nitrogens is 1. The van der Waals surface area contributed by atoms with Crippen LogP contribution < -0.4 is 5.32 Å². The number of ether oxygens (including phenoxy) is 1. The maximum absolute atomic E-state index is 14.1. The van der Waals surface area contributed by atoms with E-state index in [1.807, 2.05) is 5.32 Å². The zero-order valence-electron chi connectivity index (χ0n) is 12.9. The number of rotatable bonds is 3. The molecular formula is C15H17ClF2N2O3. The molecule has 0 saturated heterocycles. The van der Waals surface area contributed by atoms with Crippen molar-refractivity contribution >= 4 is 17.7 Å². The summed E-state index contributed by atoms with van der Waals surface area (Å²) in [7, 11) is 0. The molecule has 0 bridgehead atoms. The molecule has 0 aliphatic heterocycles. The summed E-state index contributed by atoms with van der Waals surface area (Å²) in [5.41, 5.74) is -1.17. The van der Waals surface area contributed by atoms with Crippen molar-refractivity contribution in [3.05, 3.63) is 28.5 Å². The second-order valence-corrected chi connectivity index (χ2v) is 5.98. The van der Waals surface area contributed by atoms with Crippen LogP contribution in [0, 0.1) is 11.8 Å². The molecule has 1 rings (SSSR count). The Kier molecular flexibility index (Phi) is 6.30. The molecule has 0 saturated carbocycles. The highest BCUT2D eigenvalue weighted by molar-refractivity contribution is 6.31. The van der Waals surface area contributed by atoms with Gasteiger partial charge in [0.1, 0.15) is 17.9 Å². The second-order valence-electron chi connectivity index (χ2n) is 5.57. The van der Waals surface area contributed by atoms with Crippen molar-refractivity contribution in [1.29, 1.82) is 0 Å². The molecule has 1 aromatic heterocycles. The number of alkyl carbamates (subject to hydrolysis) is 1. The van der Waals surface area contributed by atoms with Crippen molar-refractivity contribution in [2.24, 2.45) is 0 Å². The Morgan fingerprint density at radius 3 is 2.65 bits per heavy atom. The predicted octanol–water partition coefficient (Wildman–Crippen LogP) is 2.70. The summed E-state index contributed by atoms with van der Waals surface area (Å²) < 4.78 is 33.1. The zero-order valence-corrected chi connectivity index (χ0v) is 13.7. The molecule has 0 aromatic carbocycles. The van der Waals surface area contributed by atoms with Crippen LogP contribution in [0.3, 0.4) is 0 Å². The fraction of sp³-hybridized carbons (Fsp3) is 0.467. The second kappa shape index (κ2) is 7.57. The number of hydrogen-bond donors (Lipinski definition) is 2. The van der Waals surface area contributed by atoms with Crippen molar-refractivity contribution in [2.45, 2.75) is 32.3 Å². The Morgan fingerprint density at radius 1 is 1.48 bits per heavy atom. The molecule has 0 spiro atoms. The summed E-state index contributed by atoms with van der Waals surface area (Å²) in [6, 6.07) is 1.22. The number of hydrogen-bond acceptors (Lipinski definition) is 4. The smallest absolute Gasteiger partial charge is 0.407 e. The zero-order chi connectivity index (χ0) is 17.7. The predicted molar refractivity (Wildman–Crippen MR) is 81.3 cm³/mol. The average molecular weight is 347 g/mol. The molecule has 1 amide bonds. The first-order valence-electron chi connectivity index (χ1n) is 6.65. The van der Waals surface area contributed by atoms with Crippen LogP contribution in [0.2, 0.25) is 5.02 Å². The van der Waals surface area contributed by atoms with Gasteiger partial charge in [0.05, 0.1) is 11.6 Å². The number of aliphatic hydroxyl groups is 1. The van der Waals surface area contributed by atoms with Gasteiger partial charge in [-0.1, -0.05) is 23.4 Å². The lowest BCUT2D eigenvalue weighted by Gasteiger charge is -2.22. The van der Waals surface area contributed by atoms with Crippen molar-refractivity contribution in [3.8, 4) is 11.8 Å². The van der Waals surface area contributed by atoms with Crippen LogP contribution in [0.4, 0.5) is 13.6 Å². The summed E-state index contributed by atoms with van der Waals surface area (Å²) in [6.07, 6.45) is 0.157. The fourth-order valence-corrected chi connectivity index (χ4v) is 1.80. The van der Waals surface area contributed by atoms with E-state index in [9.17, 15) is 13.6 Å². The summed E-state index contributed by atoms with van der Waals surface area (Å²) in [5, 5.41) is 10.3. The molecule has 126 valence electrons. The van der Waals surface area contributed by atoms with E-state index < -0.39 is 29.9 Å². The number of amides is 1. The van der Waals surface area contributed by atoms with Gasteiger partial charge < -0.3 is 15.2 Å². The highest BCUT2D eigenvalue weighted by Crippen LogP contribution is 2.31. The van der Waals surface area contributed by atoms with Crippen LogP contribution in [0.25, 0.3) is 0 Å². The van der Waals surface area contributed by atoms with Gasteiger partial charge in [-0.15, -0.1) is 0 Å². The third-order valence-corrected chi connectivity index (χ3v) is 2.64. The quantitative estimate of drug-likeness (QED) is 0.825. The number of aliphatic hydroxyl groups excluding tert-OH is 1. The van der Waals surface area contributed by atoms with Gasteiger partial charge in [-0.2, -0.15) is 8.78 Å². The van der Waals surface area contributed by atoms with Gasteiger partial charge in [0.15, 0.2) is 0 Å². The third-order valence-electron chi connectivity index (χ3n) is 2.35. The van der Waals surface area contributed by atoms with E-state index >= 15 is 0 Å². The van der Waals surface area contributed by atoms with Crippen LogP contribution in [-0.2, 0) is 10.7 Å². The molecule has 0 aliphatic rings. The van der Waals surface area contributed by atoms with Crippen molar-refractivity contribution < 1.29 is 23.4 Å². The molecule has 1 aromatic rings. The minimum Gasteiger partial charge on any atom is -0.444 e. The summed E-state index contributed by atoms with van der Waals surface area (Å²) in [4.78, 5) is 15.0.